The third-order valence-electron chi connectivity index (χ3n) is 6.22. The topological polar surface area (TPSA) is 59.1 Å². The molecule has 0 N–H and O–H groups in total. The fraction of sp³-hybridized carbons (Fsp3) is 0.286. The van der Waals surface area contributed by atoms with Crippen LogP contribution in [0.2, 0.25) is 10.0 Å². The Morgan fingerprint density at radius 2 is 1.56 bits per heavy atom. The summed E-state index contributed by atoms with van der Waals surface area (Å²) in [7, 11) is 1.36. The second-order valence-corrected chi connectivity index (χ2v) is 9.52. The Balaban J connectivity index is 1.38. The summed E-state index contributed by atoms with van der Waals surface area (Å²) in [6, 6.07) is 21.9. The first kappa shape index (κ1) is 26.2. The van der Waals surface area contributed by atoms with Crippen LogP contribution in [0.5, 0.6) is 0 Å². The Morgan fingerprint density at radius 3 is 2.19 bits per heavy atom. The van der Waals surface area contributed by atoms with Crippen LogP contribution in [-0.4, -0.2) is 61.5 Å². The maximum atomic E-state index is 12.9. The van der Waals surface area contributed by atoms with Gasteiger partial charge in [-0.1, -0.05) is 53.5 Å². The van der Waals surface area contributed by atoms with Gasteiger partial charge in [-0.15, -0.1) is 0 Å². The SMILES string of the molecule is COC(=O)c1ccc(COC(CN2CCN(C(=O)c3cccc(Cl)c3)CC2)c2ccc(Cl)cc2)cc1. The number of esters is 1. The number of carbonyl (C=O) groups is 2. The molecule has 1 aliphatic heterocycles. The largest absolute Gasteiger partial charge is 0.465 e. The van der Waals surface area contributed by atoms with E-state index in [1.165, 1.54) is 7.11 Å². The van der Waals surface area contributed by atoms with Crippen LogP contribution in [0.15, 0.2) is 72.8 Å². The molecule has 0 aromatic heterocycles. The molecule has 4 rings (SSSR count). The molecule has 0 spiro atoms. The quantitative estimate of drug-likeness (QED) is 0.363. The zero-order chi connectivity index (χ0) is 25.5. The Morgan fingerprint density at radius 1 is 0.861 bits per heavy atom. The first-order valence-electron chi connectivity index (χ1n) is 11.7. The highest BCUT2D eigenvalue weighted by atomic mass is 35.5. The number of rotatable bonds is 8. The summed E-state index contributed by atoms with van der Waals surface area (Å²) < 4.78 is 11.1. The van der Waals surface area contributed by atoms with E-state index in [-0.39, 0.29) is 18.0 Å². The molecule has 8 heteroatoms. The van der Waals surface area contributed by atoms with Crippen molar-refractivity contribution in [2.75, 3.05) is 39.8 Å². The predicted molar refractivity (Wildman–Crippen MR) is 141 cm³/mol. The van der Waals surface area contributed by atoms with E-state index < -0.39 is 0 Å². The minimum Gasteiger partial charge on any atom is -0.465 e. The van der Waals surface area contributed by atoms with Crippen molar-refractivity contribution in [1.29, 1.82) is 0 Å². The highest BCUT2D eigenvalue weighted by Gasteiger charge is 2.25. The number of piperazine rings is 1. The number of amides is 1. The van der Waals surface area contributed by atoms with Crippen LogP contribution in [0.4, 0.5) is 0 Å². The molecule has 1 amide bonds. The van der Waals surface area contributed by atoms with Gasteiger partial charge in [-0.25, -0.2) is 4.79 Å². The van der Waals surface area contributed by atoms with Gasteiger partial charge in [0.25, 0.3) is 5.91 Å². The molecule has 0 saturated carbocycles. The summed E-state index contributed by atoms with van der Waals surface area (Å²) >= 11 is 12.2. The molecular formula is C28H28Cl2N2O4. The number of ether oxygens (including phenoxy) is 2. The van der Waals surface area contributed by atoms with Crippen molar-refractivity contribution in [3.8, 4) is 0 Å². The zero-order valence-corrected chi connectivity index (χ0v) is 21.5. The minimum absolute atomic E-state index is 0.00180. The Kier molecular flexibility index (Phi) is 8.99. The third-order valence-corrected chi connectivity index (χ3v) is 6.71. The van der Waals surface area contributed by atoms with Crippen molar-refractivity contribution in [3.63, 3.8) is 0 Å². The van der Waals surface area contributed by atoms with Gasteiger partial charge < -0.3 is 14.4 Å². The molecule has 188 valence electrons. The summed E-state index contributed by atoms with van der Waals surface area (Å²) in [5, 5.41) is 1.23. The van der Waals surface area contributed by atoms with Gasteiger partial charge in [-0.3, -0.25) is 9.69 Å². The van der Waals surface area contributed by atoms with Crippen LogP contribution in [-0.2, 0) is 16.1 Å². The maximum absolute atomic E-state index is 12.9. The summed E-state index contributed by atoms with van der Waals surface area (Å²) in [6.45, 7) is 3.82. The Hall–Kier alpha value is -2.90. The smallest absolute Gasteiger partial charge is 0.337 e. The van der Waals surface area contributed by atoms with E-state index in [0.717, 1.165) is 24.2 Å². The zero-order valence-electron chi connectivity index (χ0n) is 20.0. The predicted octanol–water partition coefficient (Wildman–Crippen LogP) is 5.50. The first-order valence-corrected chi connectivity index (χ1v) is 12.5. The number of nitrogens with zero attached hydrogens (tertiary/aromatic N) is 2. The van der Waals surface area contributed by atoms with Crippen molar-refractivity contribution >= 4 is 35.1 Å². The van der Waals surface area contributed by atoms with E-state index in [1.54, 1.807) is 36.4 Å². The van der Waals surface area contributed by atoms with Gasteiger partial charge in [-0.2, -0.15) is 0 Å². The lowest BCUT2D eigenvalue weighted by Crippen LogP contribution is -2.49. The molecule has 0 bridgehead atoms. The van der Waals surface area contributed by atoms with Crippen LogP contribution in [0.25, 0.3) is 0 Å². The van der Waals surface area contributed by atoms with E-state index in [0.29, 0.717) is 47.4 Å². The van der Waals surface area contributed by atoms with Crippen LogP contribution < -0.4 is 0 Å². The standard InChI is InChI=1S/C28H28Cl2N2O4/c1-35-28(34)22-7-5-20(6-8-22)19-36-26(21-9-11-24(29)12-10-21)18-31-13-15-32(16-14-31)27(33)23-3-2-4-25(30)17-23/h2-12,17,26H,13-16,18-19H2,1H3. The van der Waals surface area contributed by atoms with Gasteiger partial charge in [-0.05, 0) is 53.6 Å². The molecule has 1 heterocycles. The van der Waals surface area contributed by atoms with E-state index in [9.17, 15) is 9.59 Å². The van der Waals surface area contributed by atoms with Gasteiger partial charge >= 0.3 is 5.97 Å². The average molecular weight is 527 g/mol. The summed E-state index contributed by atoms with van der Waals surface area (Å²) in [5.41, 5.74) is 3.10. The minimum atomic E-state index is -0.366. The highest BCUT2D eigenvalue weighted by molar-refractivity contribution is 6.31. The lowest BCUT2D eigenvalue weighted by molar-refractivity contribution is 0.00341. The Bertz CT molecular complexity index is 1180. The molecule has 36 heavy (non-hydrogen) atoms. The third kappa shape index (κ3) is 6.86. The van der Waals surface area contributed by atoms with Crippen molar-refractivity contribution < 1.29 is 19.1 Å². The van der Waals surface area contributed by atoms with Gasteiger partial charge in [0.1, 0.15) is 0 Å². The number of carbonyl (C=O) groups excluding carboxylic acids is 2. The van der Waals surface area contributed by atoms with E-state index in [4.69, 9.17) is 32.7 Å². The molecule has 1 unspecified atom stereocenters. The number of hydrogen-bond acceptors (Lipinski definition) is 5. The second-order valence-electron chi connectivity index (χ2n) is 8.64. The van der Waals surface area contributed by atoms with Crippen molar-refractivity contribution in [3.05, 3.63) is 105 Å². The highest BCUT2D eigenvalue weighted by Crippen LogP contribution is 2.24. The summed E-state index contributed by atoms with van der Waals surface area (Å²) in [4.78, 5) is 28.7. The van der Waals surface area contributed by atoms with Crippen LogP contribution in [0.1, 0.15) is 37.9 Å². The van der Waals surface area contributed by atoms with E-state index in [1.807, 2.05) is 41.3 Å². The second kappa shape index (κ2) is 12.4. The monoisotopic (exact) mass is 526 g/mol. The van der Waals surface area contributed by atoms with Crippen molar-refractivity contribution in [1.82, 2.24) is 9.80 Å². The fourth-order valence-corrected chi connectivity index (χ4v) is 4.47. The van der Waals surface area contributed by atoms with Crippen LogP contribution >= 0.6 is 23.2 Å². The van der Waals surface area contributed by atoms with E-state index in [2.05, 4.69) is 4.90 Å². The molecule has 1 saturated heterocycles. The fourth-order valence-electron chi connectivity index (χ4n) is 4.16. The van der Waals surface area contributed by atoms with Gasteiger partial charge in [0, 0.05) is 48.3 Å². The van der Waals surface area contributed by atoms with Gasteiger partial charge in [0.2, 0.25) is 0 Å². The molecule has 6 nitrogen and oxygen atoms in total. The van der Waals surface area contributed by atoms with E-state index >= 15 is 0 Å². The number of hydrogen-bond donors (Lipinski definition) is 0. The molecule has 1 fully saturated rings. The molecule has 1 atom stereocenters. The molecule has 0 radical (unpaired) electrons. The van der Waals surface area contributed by atoms with Crippen LogP contribution in [0.3, 0.4) is 0 Å². The Labute approximate surface area is 221 Å². The number of methoxy groups -OCH3 is 1. The van der Waals surface area contributed by atoms with Crippen molar-refractivity contribution in [2.24, 2.45) is 0 Å². The maximum Gasteiger partial charge on any atom is 0.337 e. The number of benzene rings is 3. The average Bonchev–Trinajstić information content (AvgIpc) is 2.91. The van der Waals surface area contributed by atoms with Crippen LogP contribution in [0, 0.1) is 0 Å². The lowest BCUT2D eigenvalue weighted by Gasteiger charge is -2.36. The normalized spacial score (nSPS) is 14.9. The first-order chi connectivity index (χ1) is 17.4. The van der Waals surface area contributed by atoms with Gasteiger partial charge in [0.05, 0.1) is 25.4 Å². The molecule has 1 aliphatic rings. The molecule has 3 aromatic rings. The molecule has 3 aromatic carbocycles. The van der Waals surface area contributed by atoms with Gasteiger partial charge in [0.15, 0.2) is 0 Å². The number of halogens is 2. The molecule has 0 aliphatic carbocycles. The molecular weight excluding hydrogens is 499 g/mol. The summed E-state index contributed by atoms with van der Waals surface area (Å²) in [5.74, 6) is -0.368. The summed E-state index contributed by atoms with van der Waals surface area (Å²) in [6.07, 6.45) is -0.183. The van der Waals surface area contributed by atoms with Crippen molar-refractivity contribution in [2.45, 2.75) is 12.7 Å². The lowest BCUT2D eigenvalue weighted by atomic mass is 10.1.